The zero-order chi connectivity index (χ0) is 15.3. The van der Waals surface area contributed by atoms with Crippen LogP contribution in [0, 0.1) is 17.1 Å². The van der Waals surface area contributed by atoms with E-state index < -0.39 is 0 Å². The van der Waals surface area contributed by atoms with Gasteiger partial charge in [0.1, 0.15) is 5.82 Å². The van der Waals surface area contributed by atoms with Crippen molar-refractivity contribution < 1.29 is 9.13 Å². The Balaban J connectivity index is 2.00. The van der Waals surface area contributed by atoms with E-state index in [2.05, 4.69) is 25.2 Å². The number of hydrogen-bond donors (Lipinski definition) is 1. The summed E-state index contributed by atoms with van der Waals surface area (Å²) in [5.74, 6) is -0.297. The second-order valence-corrected chi connectivity index (χ2v) is 5.72. The molecule has 1 aliphatic rings. The van der Waals surface area contributed by atoms with E-state index in [0.717, 1.165) is 37.9 Å². The van der Waals surface area contributed by atoms with E-state index in [-0.39, 0.29) is 11.4 Å². The second-order valence-electron chi connectivity index (χ2n) is 5.72. The molecule has 0 aromatic heterocycles. The molecular weight excluding hydrogens is 267 g/mol. The van der Waals surface area contributed by atoms with Crippen LogP contribution in [-0.4, -0.2) is 18.2 Å². The monoisotopic (exact) mass is 290 g/mol. The smallest absolute Gasteiger partial charge is 0.123 e. The highest BCUT2D eigenvalue weighted by Crippen LogP contribution is 2.31. The third kappa shape index (κ3) is 3.81. The van der Waals surface area contributed by atoms with E-state index in [1.165, 1.54) is 12.1 Å². The number of nitrogens with zero attached hydrogens (tertiary/aromatic N) is 1. The van der Waals surface area contributed by atoms with Crippen LogP contribution in [0.25, 0.3) is 0 Å². The van der Waals surface area contributed by atoms with Crippen molar-refractivity contribution in [3.63, 3.8) is 0 Å². The highest BCUT2D eigenvalue weighted by atomic mass is 19.1. The molecule has 0 aliphatic carbocycles. The first-order valence-corrected chi connectivity index (χ1v) is 7.68. The van der Waals surface area contributed by atoms with E-state index in [1.807, 2.05) is 0 Å². The Kier molecular flexibility index (Phi) is 5.33. The molecule has 21 heavy (non-hydrogen) atoms. The minimum Gasteiger partial charge on any atom is -0.375 e. The minimum absolute atomic E-state index is 0.0318. The van der Waals surface area contributed by atoms with Gasteiger partial charge < -0.3 is 10.1 Å². The van der Waals surface area contributed by atoms with Crippen LogP contribution in [0.4, 0.5) is 4.39 Å². The summed E-state index contributed by atoms with van der Waals surface area (Å²) in [6.07, 6.45) is 3.94. The second kappa shape index (κ2) is 7.02. The Labute approximate surface area is 126 Å². The molecule has 1 unspecified atom stereocenters. The summed E-state index contributed by atoms with van der Waals surface area (Å²) in [6, 6.07) is 6.78. The molecule has 1 aromatic rings. The Morgan fingerprint density at radius 2 is 2.19 bits per heavy atom. The van der Waals surface area contributed by atoms with Crippen LogP contribution in [-0.2, 0) is 11.3 Å². The van der Waals surface area contributed by atoms with Gasteiger partial charge in [-0.1, -0.05) is 13.8 Å². The van der Waals surface area contributed by atoms with E-state index in [4.69, 9.17) is 10.00 Å². The summed E-state index contributed by atoms with van der Waals surface area (Å²) in [6.45, 7) is 5.60. The molecule has 0 spiro atoms. The average Bonchev–Trinajstić information content (AvgIpc) is 2.53. The first-order chi connectivity index (χ1) is 10.1. The van der Waals surface area contributed by atoms with Crippen LogP contribution in [0.15, 0.2) is 18.2 Å². The molecule has 0 saturated carbocycles. The fourth-order valence-electron chi connectivity index (χ4n) is 3.02. The van der Waals surface area contributed by atoms with E-state index in [0.29, 0.717) is 18.2 Å². The third-order valence-electron chi connectivity index (χ3n) is 4.55. The zero-order valence-corrected chi connectivity index (χ0v) is 12.8. The molecule has 1 fully saturated rings. The lowest BCUT2D eigenvalue weighted by atomic mass is 9.86. The van der Waals surface area contributed by atoms with Gasteiger partial charge in [-0.15, -0.1) is 0 Å². The predicted octanol–water partition coefficient (Wildman–Crippen LogP) is 3.52. The lowest BCUT2D eigenvalue weighted by Gasteiger charge is -2.40. The van der Waals surface area contributed by atoms with Crippen molar-refractivity contribution in [1.29, 1.82) is 5.26 Å². The van der Waals surface area contributed by atoms with Crippen molar-refractivity contribution in [2.24, 2.45) is 0 Å². The first-order valence-electron chi connectivity index (χ1n) is 7.68. The molecule has 0 radical (unpaired) electrons. The fourth-order valence-corrected chi connectivity index (χ4v) is 3.02. The van der Waals surface area contributed by atoms with Gasteiger partial charge in [-0.2, -0.15) is 5.26 Å². The number of halogens is 1. The molecule has 2 rings (SSSR count). The summed E-state index contributed by atoms with van der Waals surface area (Å²) in [5.41, 5.74) is 1.23. The summed E-state index contributed by atoms with van der Waals surface area (Å²) in [4.78, 5) is 0. The van der Waals surface area contributed by atoms with Gasteiger partial charge >= 0.3 is 0 Å². The summed E-state index contributed by atoms with van der Waals surface area (Å²) in [7, 11) is 0. The highest BCUT2D eigenvalue weighted by Gasteiger charge is 2.34. The Morgan fingerprint density at radius 3 is 2.86 bits per heavy atom. The Bertz CT molecular complexity index is 520. The minimum atomic E-state index is -0.297. The molecule has 1 aromatic carbocycles. The molecule has 0 bridgehead atoms. The number of rotatable bonds is 5. The quantitative estimate of drug-likeness (QED) is 0.902. The average molecular weight is 290 g/mol. The maximum Gasteiger partial charge on any atom is 0.123 e. The van der Waals surface area contributed by atoms with Gasteiger partial charge in [0.25, 0.3) is 0 Å². The SMILES string of the molecule is CCC1(CC)CC(NCc2cc(F)ccc2C#N)CCO1. The van der Waals surface area contributed by atoms with Gasteiger partial charge in [-0.05, 0) is 49.4 Å². The maximum atomic E-state index is 13.3. The van der Waals surface area contributed by atoms with Crippen molar-refractivity contribution in [3.05, 3.63) is 35.1 Å². The number of benzene rings is 1. The third-order valence-corrected chi connectivity index (χ3v) is 4.55. The van der Waals surface area contributed by atoms with E-state index in [9.17, 15) is 4.39 Å². The summed E-state index contributed by atoms with van der Waals surface area (Å²) >= 11 is 0. The molecular formula is C17H23FN2O. The number of hydrogen-bond acceptors (Lipinski definition) is 3. The van der Waals surface area contributed by atoms with Gasteiger partial charge in [0.2, 0.25) is 0 Å². The van der Waals surface area contributed by atoms with Crippen LogP contribution in [0.3, 0.4) is 0 Å². The van der Waals surface area contributed by atoms with Gasteiger partial charge in [-0.25, -0.2) is 4.39 Å². The van der Waals surface area contributed by atoms with Crippen molar-refractivity contribution in [1.82, 2.24) is 5.32 Å². The molecule has 0 amide bonds. The predicted molar refractivity (Wildman–Crippen MR) is 80.2 cm³/mol. The molecule has 1 aliphatic heterocycles. The van der Waals surface area contributed by atoms with Crippen molar-refractivity contribution in [2.45, 2.75) is 57.7 Å². The van der Waals surface area contributed by atoms with Crippen LogP contribution < -0.4 is 5.32 Å². The highest BCUT2D eigenvalue weighted by molar-refractivity contribution is 5.37. The van der Waals surface area contributed by atoms with Crippen LogP contribution in [0.2, 0.25) is 0 Å². The first kappa shape index (κ1) is 15.9. The molecule has 1 N–H and O–H groups in total. The van der Waals surface area contributed by atoms with Crippen molar-refractivity contribution in [2.75, 3.05) is 6.61 Å². The normalized spacial score (nSPS) is 21.0. The number of ether oxygens (including phenoxy) is 1. The van der Waals surface area contributed by atoms with Gasteiger partial charge in [0.15, 0.2) is 0 Å². The largest absolute Gasteiger partial charge is 0.375 e. The van der Waals surface area contributed by atoms with E-state index >= 15 is 0 Å². The lowest BCUT2D eigenvalue weighted by molar-refractivity contribution is -0.0932. The van der Waals surface area contributed by atoms with Crippen LogP contribution in [0.1, 0.15) is 50.7 Å². The topological polar surface area (TPSA) is 45.0 Å². The molecule has 1 heterocycles. The van der Waals surface area contributed by atoms with Crippen LogP contribution in [0.5, 0.6) is 0 Å². The molecule has 3 nitrogen and oxygen atoms in total. The van der Waals surface area contributed by atoms with Gasteiger partial charge in [0, 0.05) is 19.2 Å². The maximum absolute atomic E-state index is 13.3. The van der Waals surface area contributed by atoms with E-state index in [1.54, 1.807) is 6.07 Å². The molecule has 1 atom stereocenters. The van der Waals surface area contributed by atoms with Crippen LogP contribution >= 0.6 is 0 Å². The standard InChI is InChI=1S/C17H23FN2O/c1-3-17(4-2)10-16(7-8-21-17)20-12-14-9-15(18)6-5-13(14)11-19/h5-6,9,16,20H,3-4,7-8,10,12H2,1-2H3. The zero-order valence-electron chi connectivity index (χ0n) is 12.8. The lowest BCUT2D eigenvalue weighted by Crippen LogP contribution is -2.46. The number of nitriles is 1. The molecule has 4 heteroatoms. The Hall–Kier alpha value is -1.44. The summed E-state index contributed by atoms with van der Waals surface area (Å²) < 4.78 is 19.3. The fraction of sp³-hybridized carbons (Fsp3) is 0.588. The molecule has 114 valence electrons. The van der Waals surface area contributed by atoms with Crippen molar-refractivity contribution in [3.8, 4) is 6.07 Å². The van der Waals surface area contributed by atoms with Gasteiger partial charge in [-0.3, -0.25) is 0 Å². The summed E-state index contributed by atoms with van der Waals surface area (Å²) in [5, 5.41) is 12.6. The van der Waals surface area contributed by atoms with Crippen molar-refractivity contribution >= 4 is 0 Å². The Morgan fingerprint density at radius 1 is 1.43 bits per heavy atom. The van der Waals surface area contributed by atoms with Gasteiger partial charge in [0.05, 0.1) is 17.2 Å². The number of nitrogens with one attached hydrogen (secondary N) is 1. The molecule has 1 saturated heterocycles.